The Morgan fingerprint density at radius 1 is 1.45 bits per heavy atom. The molecule has 11 heavy (non-hydrogen) atoms. The van der Waals surface area contributed by atoms with Gasteiger partial charge < -0.3 is 5.84 Å². The Morgan fingerprint density at radius 3 is 2.45 bits per heavy atom. The van der Waals surface area contributed by atoms with Gasteiger partial charge in [-0.2, -0.15) is 10.5 Å². The lowest BCUT2D eigenvalue weighted by Gasteiger charge is -1.92. The van der Waals surface area contributed by atoms with E-state index < -0.39 is 0 Å². The second kappa shape index (κ2) is 2.31. The fraction of sp³-hybridized carbons (Fsp3) is 0.167. The van der Waals surface area contributed by atoms with Crippen LogP contribution >= 0.6 is 0 Å². The van der Waals surface area contributed by atoms with Gasteiger partial charge in [-0.15, -0.1) is 0 Å². The average molecular weight is 147 g/mol. The summed E-state index contributed by atoms with van der Waals surface area (Å²) in [6, 6.07) is 3.56. The van der Waals surface area contributed by atoms with E-state index in [0.717, 1.165) is 4.68 Å². The largest absolute Gasteiger partial charge is 0.337 e. The zero-order valence-electron chi connectivity index (χ0n) is 5.87. The van der Waals surface area contributed by atoms with Crippen LogP contribution in [0.3, 0.4) is 0 Å². The fourth-order valence-corrected chi connectivity index (χ4v) is 0.729. The molecule has 0 aliphatic rings. The van der Waals surface area contributed by atoms with Crippen LogP contribution in [0.25, 0.3) is 0 Å². The molecule has 2 N–H and O–H groups in total. The van der Waals surface area contributed by atoms with E-state index >= 15 is 0 Å². The summed E-state index contributed by atoms with van der Waals surface area (Å²) in [6.07, 6.45) is 0. The first-order chi connectivity index (χ1) is 5.20. The fourth-order valence-electron chi connectivity index (χ4n) is 0.729. The number of nitrogens with two attached hydrogens (primary N) is 1. The third-order valence-corrected chi connectivity index (χ3v) is 1.30. The van der Waals surface area contributed by atoms with Crippen molar-refractivity contribution in [1.29, 1.82) is 10.5 Å². The van der Waals surface area contributed by atoms with Crippen LogP contribution in [0.2, 0.25) is 0 Å². The molecule has 1 aromatic heterocycles. The van der Waals surface area contributed by atoms with Gasteiger partial charge in [0.1, 0.15) is 18.0 Å². The smallest absolute Gasteiger partial charge is 0.178 e. The molecule has 1 rings (SSSR count). The lowest BCUT2D eigenvalue weighted by molar-refractivity contribution is 0.914. The predicted octanol–water partition coefficient (Wildman–Crippen LogP) is -0.351. The minimum absolute atomic E-state index is 0.0764. The summed E-state index contributed by atoms with van der Waals surface area (Å²) in [4.78, 5) is 3.75. The highest BCUT2D eigenvalue weighted by Gasteiger charge is 2.10. The summed E-state index contributed by atoms with van der Waals surface area (Å²) in [6.45, 7) is 1.63. The van der Waals surface area contributed by atoms with Crippen LogP contribution in [0.4, 0.5) is 0 Å². The number of hydrogen-bond donors (Lipinski definition) is 1. The van der Waals surface area contributed by atoms with Crippen LogP contribution in [0, 0.1) is 29.6 Å². The first-order valence-corrected chi connectivity index (χ1v) is 2.85. The monoisotopic (exact) mass is 147 g/mol. The highest BCUT2D eigenvalue weighted by Crippen LogP contribution is 2.04. The first kappa shape index (κ1) is 7.10. The number of aromatic nitrogens is 2. The Kier molecular flexibility index (Phi) is 1.49. The summed E-state index contributed by atoms with van der Waals surface area (Å²) >= 11 is 0. The van der Waals surface area contributed by atoms with Gasteiger partial charge in [0.25, 0.3) is 0 Å². The van der Waals surface area contributed by atoms with Crippen molar-refractivity contribution in [3.05, 3.63) is 17.2 Å². The van der Waals surface area contributed by atoms with Gasteiger partial charge in [0.2, 0.25) is 0 Å². The maximum absolute atomic E-state index is 8.50. The molecule has 0 aromatic carbocycles. The molecule has 0 saturated carbocycles. The van der Waals surface area contributed by atoms with Crippen LogP contribution in [0.5, 0.6) is 0 Å². The molecule has 0 spiro atoms. The van der Waals surface area contributed by atoms with Gasteiger partial charge in [-0.3, -0.25) is 0 Å². The van der Waals surface area contributed by atoms with Gasteiger partial charge in [0.05, 0.1) is 0 Å². The van der Waals surface area contributed by atoms with Crippen LogP contribution in [-0.2, 0) is 0 Å². The Labute approximate surface area is 63.3 Å². The highest BCUT2D eigenvalue weighted by molar-refractivity contribution is 5.37. The zero-order valence-corrected chi connectivity index (χ0v) is 5.87. The molecule has 5 heteroatoms. The molecular formula is C6H5N5. The number of nitriles is 2. The molecule has 0 atom stereocenters. The molecule has 1 heterocycles. The normalized spacial score (nSPS) is 8.64. The predicted molar refractivity (Wildman–Crippen MR) is 36.5 cm³/mol. The molecule has 54 valence electrons. The average Bonchev–Trinajstić information content (AvgIpc) is 2.28. The van der Waals surface area contributed by atoms with Crippen molar-refractivity contribution in [3.63, 3.8) is 0 Å². The van der Waals surface area contributed by atoms with E-state index in [2.05, 4.69) is 4.98 Å². The van der Waals surface area contributed by atoms with Gasteiger partial charge in [-0.25, -0.2) is 9.66 Å². The van der Waals surface area contributed by atoms with Crippen LogP contribution in [0.15, 0.2) is 0 Å². The zero-order chi connectivity index (χ0) is 8.43. The Hall–Kier alpha value is -2.01. The van der Waals surface area contributed by atoms with Gasteiger partial charge in [0, 0.05) is 0 Å². The third-order valence-electron chi connectivity index (χ3n) is 1.30. The van der Waals surface area contributed by atoms with Gasteiger partial charge in [-0.1, -0.05) is 0 Å². The Bertz CT molecular complexity index is 362. The quantitative estimate of drug-likeness (QED) is 0.507. The molecule has 5 nitrogen and oxygen atoms in total. The maximum atomic E-state index is 8.50. The summed E-state index contributed by atoms with van der Waals surface area (Å²) < 4.78 is 1.10. The highest BCUT2D eigenvalue weighted by atomic mass is 15.3. The van der Waals surface area contributed by atoms with Crippen molar-refractivity contribution in [1.82, 2.24) is 9.66 Å². The second-order valence-electron chi connectivity index (χ2n) is 1.95. The van der Waals surface area contributed by atoms with E-state index in [0.29, 0.717) is 5.82 Å². The second-order valence-corrected chi connectivity index (χ2v) is 1.95. The van der Waals surface area contributed by atoms with E-state index in [-0.39, 0.29) is 11.4 Å². The van der Waals surface area contributed by atoms with E-state index in [1.54, 1.807) is 19.1 Å². The van der Waals surface area contributed by atoms with Gasteiger partial charge in [-0.05, 0) is 6.92 Å². The van der Waals surface area contributed by atoms with E-state index in [1.165, 1.54) is 0 Å². The van der Waals surface area contributed by atoms with Crippen molar-refractivity contribution in [3.8, 4) is 12.1 Å². The lowest BCUT2D eigenvalue weighted by atomic mass is 10.4. The van der Waals surface area contributed by atoms with Gasteiger partial charge >= 0.3 is 0 Å². The Balaban J connectivity index is 3.45. The topological polar surface area (TPSA) is 91.4 Å². The van der Waals surface area contributed by atoms with E-state index in [4.69, 9.17) is 16.4 Å². The number of nitrogens with zero attached hydrogens (tertiary/aromatic N) is 4. The molecule has 0 bridgehead atoms. The van der Waals surface area contributed by atoms with Crippen molar-refractivity contribution >= 4 is 0 Å². The van der Waals surface area contributed by atoms with Crippen molar-refractivity contribution in [2.75, 3.05) is 5.84 Å². The summed E-state index contributed by atoms with van der Waals surface area (Å²) in [5.74, 6) is 5.83. The molecule has 0 saturated heterocycles. The minimum atomic E-state index is 0.0764. The number of rotatable bonds is 0. The number of aryl methyl sites for hydroxylation is 1. The SMILES string of the molecule is Cc1nc(C#N)c(C#N)n1N. The Morgan fingerprint density at radius 2 is 2.09 bits per heavy atom. The van der Waals surface area contributed by atoms with E-state index in [9.17, 15) is 0 Å². The summed E-state index contributed by atoms with van der Waals surface area (Å²) in [5, 5.41) is 17.0. The number of imidazole rings is 1. The number of hydrogen-bond acceptors (Lipinski definition) is 4. The van der Waals surface area contributed by atoms with Crippen molar-refractivity contribution < 1.29 is 0 Å². The minimum Gasteiger partial charge on any atom is -0.337 e. The molecule has 0 aliphatic heterocycles. The first-order valence-electron chi connectivity index (χ1n) is 2.85. The molecule has 0 fully saturated rings. The number of nitrogen functional groups attached to an aromatic ring is 1. The van der Waals surface area contributed by atoms with Crippen LogP contribution in [0.1, 0.15) is 17.2 Å². The molecule has 1 aromatic rings. The van der Waals surface area contributed by atoms with E-state index in [1.807, 2.05) is 0 Å². The molecule has 0 amide bonds. The maximum Gasteiger partial charge on any atom is 0.178 e. The summed E-state index contributed by atoms with van der Waals surface area (Å²) in [5.41, 5.74) is 0.178. The standard InChI is InChI=1S/C6H5N5/c1-4-10-5(2-7)6(3-8)11(4)9/h9H2,1H3. The molecule has 0 unspecified atom stereocenters. The van der Waals surface area contributed by atoms with Crippen molar-refractivity contribution in [2.24, 2.45) is 0 Å². The third kappa shape index (κ3) is 0.886. The lowest BCUT2D eigenvalue weighted by Crippen LogP contribution is -2.12. The molecule has 0 radical (unpaired) electrons. The van der Waals surface area contributed by atoms with Crippen LogP contribution < -0.4 is 5.84 Å². The summed E-state index contributed by atoms with van der Waals surface area (Å²) in [7, 11) is 0. The van der Waals surface area contributed by atoms with Gasteiger partial charge in [0.15, 0.2) is 11.4 Å². The van der Waals surface area contributed by atoms with Crippen LogP contribution in [-0.4, -0.2) is 9.66 Å². The molecular weight excluding hydrogens is 142 g/mol. The van der Waals surface area contributed by atoms with Crippen molar-refractivity contribution in [2.45, 2.75) is 6.92 Å². The molecule has 0 aliphatic carbocycles.